The van der Waals surface area contributed by atoms with Crippen LogP contribution in [0.2, 0.25) is 0 Å². The van der Waals surface area contributed by atoms with Crippen LogP contribution in [0.1, 0.15) is 41.4 Å². The van der Waals surface area contributed by atoms with Crippen molar-refractivity contribution in [3.8, 4) is 0 Å². The van der Waals surface area contributed by atoms with Gasteiger partial charge < -0.3 is 9.64 Å². The number of benzene rings is 2. The summed E-state index contributed by atoms with van der Waals surface area (Å²) in [6.45, 7) is 6.87. The van der Waals surface area contributed by atoms with Gasteiger partial charge in [-0.05, 0) is 32.9 Å². The zero-order valence-corrected chi connectivity index (χ0v) is 14.4. The molecule has 1 atom stereocenters. The van der Waals surface area contributed by atoms with E-state index in [9.17, 15) is 9.59 Å². The minimum absolute atomic E-state index is 0.202. The number of rotatable bonds is 6. The number of hydrogen-bond acceptors (Lipinski definition) is 3. The molecule has 126 valence electrons. The number of esters is 1. The van der Waals surface area contributed by atoms with E-state index in [4.69, 9.17) is 4.74 Å². The van der Waals surface area contributed by atoms with Crippen molar-refractivity contribution in [2.75, 3.05) is 13.1 Å². The Bertz CT molecular complexity index is 693. The third kappa shape index (κ3) is 4.22. The van der Waals surface area contributed by atoms with Crippen LogP contribution in [-0.4, -0.2) is 29.9 Å². The topological polar surface area (TPSA) is 46.6 Å². The molecule has 2 aromatic rings. The summed E-state index contributed by atoms with van der Waals surface area (Å²) in [7, 11) is 0. The number of likely N-dealkylation sites (N-methyl/N-ethyl adjacent to an activating group) is 1. The average molecular weight is 325 g/mol. The van der Waals surface area contributed by atoms with E-state index in [1.54, 1.807) is 35.2 Å². The summed E-state index contributed by atoms with van der Waals surface area (Å²) in [4.78, 5) is 26.9. The number of ether oxygens (including phenoxy) is 1. The van der Waals surface area contributed by atoms with Crippen molar-refractivity contribution in [1.29, 1.82) is 0 Å². The maximum absolute atomic E-state index is 12.8. The maximum Gasteiger partial charge on any atom is 0.339 e. The Kier molecular flexibility index (Phi) is 6.13. The number of aryl methyl sites for hydroxylation is 1. The van der Waals surface area contributed by atoms with E-state index in [2.05, 4.69) is 0 Å². The molecule has 2 rings (SSSR count). The highest BCUT2D eigenvalue weighted by molar-refractivity contribution is 5.92. The molecular formula is C20H23NO3. The molecule has 0 spiro atoms. The number of carbonyl (C=O) groups is 2. The largest absolute Gasteiger partial charge is 0.444 e. The number of hydrogen-bond donors (Lipinski definition) is 0. The normalized spacial score (nSPS) is 11.6. The summed E-state index contributed by atoms with van der Waals surface area (Å²) in [5.41, 5.74) is 2.09. The Balaban J connectivity index is 2.29. The van der Waals surface area contributed by atoms with Crippen LogP contribution in [0.3, 0.4) is 0 Å². The molecule has 24 heavy (non-hydrogen) atoms. The van der Waals surface area contributed by atoms with Gasteiger partial charge in [-0.25, -0.2) is 4.79 Å². The number of nitrogens with zero attached hydrogens (tertiary/aromatic N) is 1. The molecule has 0 bridgehead atoms. The first-order valence-corrected chi connectivity index (χ1v) is 8.18. The van der Waals surface area contributed by atoms with Crippen LogP contribution in [0, 0.1) is 6.92 Å². The third-order valence-corrected chi connectivity index (χ3v) is 3.88. The third-order valence-electron chi connectivity index (χ3n) is 3.88. The second-order valence-corrected chi connectivity index (χ2v) is 5.58. The van der Waals surface area contributed by atoms with E-state index >= 15 is 0 Å². The molecule has 2 aromatic carbocycles. The summed E-state index contributed by atoms with van der Waals surface area (Å²) >= 11 is 0. The van der Waals surface area contributed by atoms with Gasteiger partial charge in [-0.2, -0.15) is 0 Å². The highest BCUT2D eigenvalue weighted by atomic mass is 16.5. The van der Waals surface area contributed by atoms with Crippen LogP contribution in [0.25, 0.3) is 0 Å². The molecule has 0 aromatic heterocycles. The van der Waals surface area contributed by atoms with Crippen molar-refractivity contribution in [1.82, 2.24) is 4.90 Å². The zero-order chi connectivity index (χ0) is 17.5. The lowest BCUT2D eigenvalue weighted by Crippen LogP contribution is -2.36. The van der Waals surface area contributed by atoms with Crippen molar-refractivity contribution in [3.05, 3.63) is 71.3 Å². The lowest BCUT2D eigenvalue weighted by atomic mass is 10.1. The maximum atomic E-state index is 12.8. The second-order valence-electron chi connectivity index (χ2n) is 5.58. The molecule has 4 nitrogen and oxygen atoms in total. The van der Waals surface area contributed by atoms with Crippen molar-refractivity contribution in [2.45, 2.75) is 26.9 Å². The van der Waals surface area contributed by atoms with Crippen LogP contribution < -0.4 is 0 Å². The Morgan fingerprint density at radius 1 is 1.00 bits per heavy atom. The van der Waals surface area contributed by atoms with Gasteiger partial charge in [-0.3, -0.25) is 4.79 Å². The average Bonchev–Trinajstić information content (AvgIpc) is 2.61. The Morgan fingerprint density at radius 2 is 1.67 bits per heavy atom. The number of amides is 1. The molecule has 0 saturated carbocycles. The molecule has 4 heteroatoms. The van der Waals surface area contributed by atoms with E-state index in [1.807, 2.05) is 45.0 Å². The first-order chi connectivity index (χ1) is 11.6. The molecule has 0 aliphatic rings. The van der Waals surface area contributed by atoms with Crippen LogP contribution in [0.4, 0.5) is 0 Å². The minimum atomic E-state index is -0.931. The van der Waals surface area contributed by atoms with E-state index in [1.165, 1.54) is 0 Å². The van der Waals surface area contributed by atoms with Gasteiger partial charge in [0.15, 0.2) is 0 Å². The van der Waals surface area contributed by atoms with Gasteiger partial charge in [0, 0.05) is 18.7 Å². The highest BCUT2D eigenvalue weighted by Gasteiger charge is 2.28. The van der Waals surface area contributed by atoms with Crippen LogP contribution in [0.15, 0.2) is 54.6 Å². The predicted octanol–water partition coefficient (Wildman–Crippen LogP) is 3.76. The fraction of sp³-hybridized carbons (Fsp3) is 0.300. The van der Waals surface area contributed by atoms with Crippen molar-refractivity contribution in [2.24, 2.45) is 0 Å². The molecule has 0 unspecified atom stereocenters. The fourth-order valence-electron chi connectivity index (χ4n) is 2.54. The predicted molar refractivity (Wildman–Crippen MR) is 93.7 cm³/mol. The molecule has 0 radical (unpaired) electrons. The molecule has 0 saturated heterocycles. The van der Waals surface area contributed by atoms with Crippen LogP contribution in [0.5, 0.6) is 0 Å². The molecule has 0 fully saturated rings. The standard InChI is InChI=1S/C20H23NO3/c1-4-21(5-2)19(22)18(16-11-7-6-8-12-16)24-20(23)17-13-9-10-15(3)14-17/h6-14,18H,4-5H2,1-3H3/t18-/m0/s1. The summed E-state index contributed by atoms with van der Waals surface area (Å²) in [6, 6.07) is 16.3. The van der Waals surface area contributed by atoms with E-state index in [0.717, 1.165) is 5.56 Å². The summed E-state index contributed by atoms with van der Waals surface area (Å²) in [6.07, 6.45) is -0.931. The summed E-state index contributed by atoms with van der Waals surface area (Å²) < 4.78 is 5.59. The minimum Gasteiger partial charge on any atom is -0.444 e. The smallest absolute Gasteiger partial charge is 0.339 e. The lowest BCUT2D eigenvalue weighted by Gasteiger charge is -2.25. The Hall–Kier alpha value is -2.62. The van der Waals surface area contributed by atoms with Crippen LogP contribution in [-0.2, 0) is 9.53 Å². The SMILES string of the molecule is CCN(CC)C(=O)[C@@H](OC(=O)c1cccc(C)c1)c1ccccc1. The van der Waals surface area contributed by atoms with Crippen LogP contribution >= 0.6 is 0 Å². The van der Waals surface area contributed by atoms with Crippen molar-refractivity contribution in [3.63, 3.8) is 0 Å². The fourth-order valence-corrected chi connectivity index (χ4v) is 2.54. The first kappa shape index (κ1) is 17.7. The zero-order valence-electron chi connectivity index (χ0n) is 14.4. The molecule has 0 aliphatic heterocycles. The molecule has 1 amide bonds. The van der Waals surface area contributed by atoms with Gasteiger partial charge in [-0.1, -0.05) is 48.0 Å². The monoisotopic (exact) mass is 325 g/mol. The van der Waals surface area contributed by atoms with E-state index in [0.29, 0.717) is 24.2 Å². The Morgan fingerprint density at radius 3 is 2.25 bits per heavy atom. The summed E-state index contributed by atoms with van der Waals surface area (Å²) in [5, 5.41) is 0. The van der Waals surface area contributed by atoms with Crippen molar-refractivity contribution >= 4 is 11.9 Å². The molecule has 0 heterocycles. The first-order valence-electron chi connectivity index (χ1n) is 8.18. The molecule has 0 aliphatic carbocycles. The molecular weight excluding hydrogens is 302 g/mol. The molecule has 0 N–H and O–H groups in total. The summed E-state index contributed by atoms with van der Waals surface area (Å²) in [5.74, 6) is -0.694. The Labute approximate surface area is 143 Å². The highest BCUT2D eigenvalue weighted by Crippen LogP contribution is 2.22. The van der Waals surface area contributed by atoms with Gasteiger partial charge in [-0.15, -0.1) is 0 Å². The quantitative estimate of drug-likeness (QED) is 0.760. The van der Waals surface area contributed by atoms with Crippen molar-refractivity contribution < 1.29 is 14.3 Å². The van der Waals surface area contributed by atoms with Gasteiger partial charge in [0.2, 0.25) is 6.10 Å². The van der Waals surface area contributed by atoms with Gasteiger partial charge in [0.1, 0.15) is 0 Å². The van der Waals surface area contributed by atoms with E-state index in [-0.39, 0.29) is 5.91 Å². The lowest BCUT2D eigenvalue weighted by molar-refractivity contribution is -0.140. The van der Waals surface area contributed by atoms with Gasteiger partial charge in [0.25, 0.3) is 5.91 Å². The second kappa shape index (κ2) is 8.29. The van der Waals surface area contributed by atoms with E-state index < -0.39 is 12.1 Å². The van der Waals surface area contributed by atoms with Gasteiger partial charge >= 0.3 is 5.97 Å². The number of carbonyl (C=O) groups excluding carboxylic acids is 2. The van der Waals surface area contributed by atoms with Gasteiger partial charge in [0.05, 0.1) is 5.56 Å².